The van der Waals surface area contributed by atoms with Crippen molar-refractivity contribution in [1.29, 1.82) is 0 Å². The van der Waals surface area contributed by atoms with Crippen molar-refractivity contribution in [1.82, 2.24) is 14.9 Å². The van der Waals surface area contributed by atoms with Gasteiger partial charge in [-0.15, -0.1) is 0 Å². The van der Waals surface area contributed by atoms with Gasteiger partial charge < -0.3 is 9.88 Å². The number of hydrogen-bond acceptors (Lipinski definition) is 2. The van der Waals surface area contributed by atoms with Gasteiger partial charge in [0.05, 0.1) is 18.1 Å². The third-order valence-corrected chi connectivity index (χ3v) is 4.49. The number of hydrogen-bond donors (Lipinski definition) is 1. The van der Waals surface area contributed by atoms with Crippen LogP contribution in [0.3, 0.4) is 0 Å². The summed E-state index contributed by atoms with van der Waals surface area (Å²) in [6.07, 6.45) is 6.92. The molecule has 3 nitrogen and oxygen atoms in total. The van der Waals surface area contributed by atoms with Crippen LogP contribution in [0, 0.1) is 0 Å². The second-order valence-corrected chi connectivity index (χ2v) is 5.58. The molecule has 0 fully saturated rings. The highest BCUT2D eigenvalue weighted by Crippen LogP contribution is 2.34. The van der Waals surface area contributed by atoms with Gasteiger partial charge in [0, 0.05) is 25.2 Å². The topological polar surface area (TPSA) is 29.9 Å². The van der Waals surface area contributed by atoms with E-state index in [0.717, 1.165) is 19.5 Å². The Morgan fingerprint density at radius 1 is 1.21 bits per heavy atom. The quantitative estimate of drug-likeness (QED) is 0.846. The first-order valence-electron chi connectivity index (χ1n) is 7.26. The molecule has 2 heterocycles. The number of rotatable bonds is 1. The first kappa shape index (κ1) is 11.2. The minimum Gasteiger partial charge on any atom is -0.327 e. The van der Waals surface area contributed by atoms with Crippen LogP contribution >= 0.6 is 0 Å². The van der Waals surface area contributed by atoms with Crippen LogP contribution in [0.5, 0.6) is 0 Å². The Hall–Kier alpha value is -1.61. The number of benzene rings is 1. The van der Waals surface area contributed by atoms with Crippen molar-refractivity contribution in [3.8, 4) is 0 Å². The van der Waals surface area contributed by atoms with Crippen LogP contribution in [0.2, 0.25) is 0 Å². The van der Waals surface area contributed by atoms with Crippen LogP contribution in [0.4, 0.5) is 0 Å². The maximum atomic E-state index is 4.61. The van der Waals surface area contributed by atoms with Gasteiger partial charge in [-0.2, -0.15) is 0 Å². The third kappa shape index (κ3) is 1.80. The molecule has 0 amide bonds. The van der Waals surface area contributed by atoms with Gasteiger partial charge in [-0.05, 0) is 30.4 Å². The summed E-state index contributed by atoms with van der Waals surface area (Å²) in [5.41, 5.74) is 5.72. The van der Waals surface area contributed by atoms with E-state index in [1.54, 1.807) is 0 Å². The summed E-state index contributed by atoms with van der Waals surface area (Å²) in [5, 5.41) is 3.40. The van der Waals surface area contributed by atoms with Crippen molar-refractivity contribution >= 4 is 0 Å². The average Bonchev–Trinajstić information content (AvgIpc) is 2.90. The molecule has 1 atom stereocenters. The van der Waals surface area contributed by atoms with Gasteiger partial charge in [0.1, 0.15) is 0 Å². The molecule has 0 saturated carbocycles. The van der Waals surface area contributed by atoms with Crippen LogP contribution in [-0.2, 0) is 19.4 Å². The van der Waals surface area contributed by atoms with E-state index in [2.05, 4.69) is 45.5 Å². The van der Waals surface area contributed by atoms with Crippen molar-refractivity contribution < 1.29 is 0 Å². The van der Waals surface area contributed by atoms with Crippen molar-refractivity contribution in [2.24, 2.45) is 0 Å². The highest BCUT2D eigenvalue weighted by Gasteiger charge is 2.25. The lowest BCUT2D eigenvalue weighted by Gasteiger charge is -2.29. The molecule has 0 saturated heterocycles. The summed E-state index contributed by atoms with van der Waals surface area (Å²) in [5.74, 6) is 0. The molecule has 1 aromatic carbocycles. The molecule has 0 bridgehead atoms. The summed E-state index contributed by atoms with van der Waals surface area (Å²) in [6.45, 7) is 2.00. The molecule has 1 aromatic heterocycles. The van der Waals surface area contributed by atoms with E-state index in [9.17, 15) is 0 Å². The predicted octanol–water partition coefficient (Wildman–Crippen LogP) is 2.45. The third-order valence-electron chi connectivity index (χ3n) is 4.49. The maximum absolute atomic E-state index is 4.61. The normalized spacial score (nSPS) is 21.8. The fraction of sp³-hybridized carbons (Fsp3) is 0.438. The first-order chi connectivity index (χ1) is 9.43. The van der Waals surface area contributed by atoms with E-state index in [1.165, 1.54) is 41.8 Å². The SMILES string of the molecule is c1ccc2c(c1)CCCC2n1cnc2c1CCNC2. The van der Waals surface area contributed by atoms with Gasteiger partial charge in [0.15, 0.2) is 0 Å². The van der Waals surface area contributed by atoms with Crippen molar-refractivity contribution in [3.05, 3.63) is 53.1 Å². The molecule has 1 aliphatic heterocycles. The Labute approximate surface area is 113 Å². The summed E-state index contributed by atoms with van der Waals surface area (Å²) < 4.78 is 2.44. The molecular formula is C16H19N3. The second kappa shape index (κ2) is 4.49. The zero-order valence-electron chi connectivity index (χ0n) is 11.1. The van der Waals surface area contributed by atoms with Crippen molar-refractivity contribution in [2.75, 3.05) is 6.54 Å². The molecule has 0 spiro atoms. The summed E-state index contributed by atoms with van der Waals surface area (Å²) in [7, 11) is 0. The number of fused-ring (bicyclic) bond motifs is 2. The highest BCUT2D eigenvalue weighted by atomic mass is 15.1. The summed E-state index contributed by atoms with van der Waals surface area (Å²) in [6, 6.07) is 9.41. The average molecular weight is 253 g/mol. The number of aromatic nitrogens is 2. The van der Waals surface area contributed by atoms with Crippen LogP contribution in [0.25, 0.3) is 0 Å². The zero-order valence-corrected chi connectivity index (χ0v) is 11.1. The number of imidazole rings is 1. The minimum absolute atomic E-state index is 0.499. The van der Waals surface area contributed by atoms with E-state index >= 15 is 0 Å². The first-order valence-corrected chi connectivity index (χ1v) is 7.26. The Bertz CT molecular complexity index is 600. The molecule has 0 radical (unpaired) electrons. The highest BCUT2D eigenvalue weighted by molar-refractivity contribution is 5.34. The second-order valence-electron chi connectivity index (χ2n) is 5.58. The molecule has 1 N–H and O–H groups in total. The van der Waals surface area contributed by atoms with Gasteiger partial charge in [-0.3, -0.25) is 0 Å². The van der Waals surface area contributed by atoms with E-state index in [4.69, 9.17) is 0 Å². The van der Waals surface area contributed by atoms with Gasteiger partial charge in [-0.25, -0.2) is 4.98 Å². The molecule has 1 aliphatic carbocycles. The Morgan fingerprint density at radius 2 is 2.16 bits per heavy atom. The van der Waals surface area contributed by atoms with E-state index < -0.39 is 0 Å². The van der Waals surface area contributed by atoms with Crippen molar-refractivity contribution in [3.63, 3.8) is 0 Å². The van der Waals surface area contributed by atoms with Crippen LogP contribution in [0.1, 0.15) is 41.4 Å². The van der Waals surface area contributed by atoms with Crippen LogP contribution in [0.15, 0.2) is 30.6 Å². The Morgan fingerprint density at radius 3 is 3.16 bits per heavy atom. The molecule has 3 heteroatoms. The molecular weight excluding hydrogens is 234 g/mol. The standard InChI is InChI=1S/C16H19N3/c1-2-6-13-12(4-1)5-3-7-15(13)19-11-18-14-10-17-9-8-16(14)19/h1-2,4,6,11,15,17H,3,5,7-10H2. The maximum Gasteiger partial charge on any atom is 0.0958 e. The lowest BCUT2D eigenvalue weighted by Crippen LogP contribution is -2.27. The monoisotopic (exact) mass is 253 g/mol. The molecule has 4 rings (SSSR count). The number of nitrogens with one attached hydrogen (secondary N) is 1. The molecule has 19 heavy (non-hydrogen) atoms. The lowest BCUT2D eigenvalue weighted by atomic mass is 9.87. The molecule has 2 aliphatic rings. The van der Waals surface area contributed by atoms with E-state index in [-0.39, 0.29) is 0 Å². The van der Waals surface area contributed by atoms with Crippen LogP contribution in [-0.4, -0.2) is 16.1 Å². The van der Waals surface area contributed by atoms with Crippen molar-refractivity contribution in [2.45, 2.75) is 38.3 Å². The smallest absolute Gasteiger partial charge is 0.0958 e. The molecule has 1 unspecified atom stereocenters. The fourth-order valence-corrected chi connectivity index (χ4v) is 3.55. The van der Waals surface area contributed by atoms with E-state index in [1.807, 2.05) is 0 Å². The fourth-order valence-electron chi connectivity index (χ4n) is 3.55. The van der Waals surface area contributed by atoms with Gasteiger partial charge >= 0.3 is 0 Å². The summed E-state index contributed by atoms with van der Waals surface area (Å²) in [4.78, 5) is 4.61. The van der Waals surface area contributed by atoms with Gasteiger partial charge in [0.25, 0.3) is 0 Å². The summed E-state index contributed by atoms with van der Waals surface area (Å²) >= 11 is 0. The Kier molecular flexibility index (Phi) is 2.66. The molecule has 2 aromatic rings. The number of aryl methyl sites for hydroxylation is 1. The van der Waals surface area contributed by atoms with E-state index in [0.29, 0.717) is 6.04 Å². The predicted molar refractivity (Wildman–Crippen MR) is 75.2 cm³/mol. The number of nitrogens with zero attached hydrogens (tertiary/aromatic N) is 2. The Balaban J connectivity index is 1.79. The lowest BCUT2D eigenvalue weighted by molar-refractivity contribution is 0.468. The molecule has 98 valence electrons. The van der Waals surface area contributed by atoms with Gasteiger partial charge in [0.2, 0.25) is 0 Å². The van der Waals surface area contributed by atoms with Gasteiger partial charge in [-0.1, -0.05) is 24.3 Å². The minimum atomic E-state index is 0.499. The zero-order chi connectivity index (χ0) is 12.7. The van der Waals surface area contributed by atoms with Crippen LogP contribution < -0.4 is 5.32 Å². The largest absolute Gasteiger partial charge is 0.327 e.